The van der Waals surface area contributed by atoms with Gasteiger partial charge in [0.1, 0.15) is 6.54 Å². The molecule has 0 unspecified atom stereocenters. The molecule has 29 heavy (non-hydrogen) atoms. The number of aryl methyl sites for hydroxylation is 1. The Morgan fingerprint density at radius 1 is 1.24 bits per heavy atom. The zero-order valence-corrected chi connectivity index (χ0v) is 18.2. The maximum Gasteiger partial charge on any atom is 0.336 e. The average Bonchev–Trinajstić information content (AvgIpc) is 2.64. The summed E-state index contributed by atoms with van der Waals surface area (Å²) in [6.07, 6.45) is 0.127. The number of benzene rings is 1. The van der Waals surface area contributed by atoms with Crippen LogP contribution in [0.4, 0.5) is 0 Å². The number of nitrogens with one attached hydrogen (secondary N) is 1. The van der Waals surface area contributed by atoms with Crippen LogP contribution in [-0.4, -0.2) is 41.9 Å². The lowest BCUT2D eigenvalue weighted by Crippen LogP contribution is -2.46. The Balaban J connectivity index is 2.38. The lowest BCUT2D eigenvalue weighted by molar-refractivity contribution is -0.141. The Hall–Kier alpha value is -2.63. The summed E-state index contributed by atoms with van der Waals surface area (Å²) in [6.45, 7) is 11.6. The van der Waals surface area contributed by atoms with Crippen LogP contribution in [0.15, 0.2) is 35.5 Å². The first kappa shape index (κ1) is 22.7. The van der Waals surface area contributed by atoms with Gasteiger partial charge in [-0.05, 0) is 39.2 Å². The molecular formula is C23H32N2O4. The van der Waals surface area contributed by atoms with Gasteiger partial charge in [0.15, 0.2) is 0 Å². The van der Waals surface area contributed by atoms with Crippen molar-refractivity contribution in [2.45, 2.75) is 59.9 Å². The van der Waals surface area contributed by atoms with Gasteiger partial charge in [-0.25, -0.2) is 4.79 Å². The summed E-state index contributed by atoms with van der Waals surface area (Å²) in [7, 11) is 0. The minimum atomic E-state index is -0.440. The van der Waals surface area contributed by atoms with Crippen LogP contribution in [0.5, 0.6) is 0 Å². The van der Waals surface area contributed by atoms with Gasteiger partial charge in [-0.2, -0.15) is 0 Å². The molecule has 1 aromatic rings. The fourth-order valence-electron chi connectivity index (χ4n) is 3.46. The second-order valence-electron chi connectivity index (χ2n) is 7.97. The molecular weight excluding hydrogens is 368 g/mol. The first-order valence-corrected chi connectivity index (χ1v) is 10.2. The highest BCUT2D eigenvalue weighted by Crippen LogP contribution is 2.37. The minimum absolute atomic E-state index is 0.00347. The lowest BCUT2D eigenvalue weighted by Gasteiger charge is -2.34. The molecule has 1 aliphatic heterocycles. The van der Waals surface area contributed by atoms with E-state index in [2.05, 4.69) is 5.32 Å². The number of carbonyl (C=O) groups excluding carboxylic acids is 3. The van der Waals surface area contributed by atoms with E-state index in [1.54, 1.807) is 13.8 Å². The Morgan fingerprint density at radius 2 is 1.93 bits per heavy atom. The highest BCUT2D eigenvalue weighted by Gasteiger charge is 2.37. The van der Waals surface area contributed by atoms with Crippen molar-refractivity contribution in [3.63, 3.8) is 0 Å². The molecule has 0 radical (unpaired) electrons. The molecule has 0 spiro atoms. The normalized spacial score (nSPS) is 18.1. The molecule has 2 atom stereocenters. The van der Waals surface area contributed by atoms with E-state index >= 15 is 0 Å². The van der Waals surface area contributed by atoms with Gasteiger partial charge in [-0.15, -0.1) is 0 Å². The first-order valence-electron chi connectivity index (χ1n) is 10.2. The van der Waals surface area contributed by atoms with Crippen molar-refractivity contribution >= 4 is 17.8 Å². The number of ether oxygens (including phenoxy) is 1. The van der Waals surface area contributed by atoms with Crippen molar-refractivity contribution < 1.29 is 19.1 Å². The predicted molar refractivity (Wildman–Crippen MR) is 112 cm³/mol. The fraction of sp³-hybridized carbons (Fsp3) is 0.522. The van der Waals surface area contributed by atoms with Gasteiger partial charge in [-0.1, -0.05) is 43.7 Å². The van der Waals surface area contributed by atoms with Crippen LogP contribution < -0.4 is 5.32 Å². The number of esters is 1. The molecule has 0 saturated heterocycles. The van der Waals surface area contributed by atoms with Crippen molar-refractivity contribution in [1.82, 2.24) is 10.2 Å². The van der Waals surface area contributed by atoms with Gasteiger partial charge in [0.05, 0.1) is 12.2 Å². The topological polar surface area (TPSA) is 75.7 Å². The van der Waals surface area contributed by atoms with Crippen LogP contribution in [0, 0.1) is 12.8 Å². The van der Waals surface area contributed by atoms with E-state index in [4.69, 9.17) is 4.74 Å². The summed E-state index contributed by atoms with van der Waals surface area (Å²) in [5, 5.41) is 2.92. The van der Waals surface area contributed by atoms with Gasteiger partial charge >= 0.3 is 5.97 Å². The maximum atomic E-state index is 12.9. The summed E-state index contributed by atoms with van der Waals surface area (Å²) in [6, 6.07) is 7.79. The van der Waals surface area contributed by atoms with E-state index in [-0.39, 0.29) is 49.3 Å². The molecule has 2 rings (SSSR count). The molecule has 6 nitrogen and oxygen atoms in total. The highest BCUT2D eigenvalue weighted by atomic mass is 16.5. The molecule has 2 amide bonds. The third kappa shape index (κ3) is 5.46. The van der Waals surface area contributed by atoms with Gasteiger partial charge in [0, 0.05) is 24.1 Å². The lowest BCUT2D eigenvalue weighted by atomic mass is 9.83. The Bertz CT molecular complexity index is 813. The summed E-state index contributed by atoms with van der Waals surface area (Å²) in [4.78, 5) is 39.6. The third-order valence-corrected chi connectivity index (χ3v) is 5.45. The van der Waals surface area contributed by atoms with Crippen LogP contribution in [0.2, 0.25) is 0 Å². The van der Waals surface area contributed by atoms with Crippen molar-refractivity contribution in [2.75, 3.05) is 13.2 Å². The molecule has 0 aromatic heterocycles. The molecule has 0 bridgehead atoms. The smallest absolute Gasteiger partial charge is 0.336 e. The van der Waals surface area contributed by atoms with E-state index in [9.17, 15) is 14.4 Å². The molecule has 1 heterocycles. The maximum absolute atomic E-state index is 12.9. The number of carbonyl (C=O) groups is 3. The van der Waals surface area contributed by atoms with Crippen molar-refractivity contribution in [1.29, 1.82) is 0 Å². The van der Waals surface area contributed by atoms with E-state index in [1.165, 1.54) is 4.90 Å². The summed E-state index contributed by atoms with van der Waals surface area (Å²) < 4.78 is 5.28. The van der Waals surface area contributed by atoms with E-state index in [1.807, 2.05) is 52.0 Å². The summed E-state index contributed by atoms with van der Waals surface area (Å²) in [5.74, 6) is -0.945. The number of nitrogens with zero attached hydrogens (tertiary/aromatic N) is 1. The Kier molecular flexibility index (Phi) is 7.59. The van der Waals surface area contributed by atoms with Crippen molar-refractivity contribution in [3.8, 4) is 0 Å². The number of hydrogen-bond acceptors (Lipinski definition) is 4. The van der Waals surface area contributed by atoms with Crippen LogP contribution >= 0.6 is 0 Å². The third-order valence-electron chi connectivity index (χ3n) is 5.45. The van der Waals surface area contributed by atoms with Crippen LogP contribution in [0.3, 0.4) is 0 Å². The monoisotopic (exact) mass is 400 g/mol. The SMILES string of the molecule is CCOC(=O)C1=C(C)N(CC(=O)N[C@@H](C)C(C)C)C(=O)C[C@H]1c1cccc(C)c1. The number of rotatable bonds is 7. The minimum Gasteiger partial charge on any atom is -0.463 e. The zero-order chi connectivity index (χ0) is 21.7. The predicted octanol–water partition coefficient (Wildman–Crippen LogP) is 3.31. The van der Waals surface area contributed by atoms with E-state index in [0.717, 1.165) is 11.1 Å². The first-order chi connectivity index (χ1) is 13.6. The molecule has 0 saturated carbocycles. The zero-order valence-electron chi connectivity index (χ0n) is 18.2. The molecule has 0 aliphatic carbocycles. The summed E-state index contributed by atoms with van der Waals surface area (Å²) in [5.41, 5.74) is 2.89. The van der Waals surface area contributed by atoms with Crippen LogP contribution in [0.1, 0.15) is 58.1 Å². The van der Waals surface area contributed by atoms with Crippen LogP contribution in [-0.2, 0) is 19.1 Å². The molecule has 1 aliphatic rings. The highest BCUT2D eigenvalue weighted by molar-refractivity contribution is 5.97. The molecule has 158 valence electrons. The second kappa shape index (κ2) is 9.72. The quantitative estimate of drug-likeness (QED) is 0.713. The number of amides is 2. The standard InChI is InChI=1S/C23H32N2O4/c1-7-29-23(28)22-17(6)25(13-20(26)24-16(5)14(2)3)21(27)12-19(22)18-10-8-9-15(4)11-18/h8-11,14,16,19H,7,12-13H2,1-6H3,(H,24,26)/t16-,19-/m0/s1. The molecule has 6 heteroatoms. The van der Waals surface area contributed by atoms with Crippen LogP contribution in [0.25, 0.3) is 0 Å². The average molecular weight is 401 g/mol. The van der Waals surface area contributed by atoms with E-state index < -0.39 is 5.97 Å². The second-order valence-corrected chi connectivity index (χ2v) is 7.97. The van der Waals surface area contributed by atoms with Gasteiger partial charge < -0.3 is 15.0 Å². The van der Waals surface area contributed by atoms with E-state index in [0.29, 0.717) is 11.3 Å². The van der Waals surface area contributed by atoms with Gasteiger partial charge in [0.25, 0.3) is 0 Å². The Labute approximate surface area is 173 Å². The molecule has 1 N–H and O–H groups in total. The summed E-state index contributed by atoms with van der Waals surface area (Å²) >= 11 is 0. The van der Waals surface area contributed by atoms with Gasteiger partial charge in [0.2, 0.25) is 11.8 Å². The molecule has 1 aromatic carbocycles. The largest absolute Gasteiger partial charge is 0.463 e. The Morgan fingerprint density at radius 3 is 2.52 bits per heavy atom. The number of hydrogen-bond donors (Lipinski definition) is 1. The fourth-order valence-corrected chi connectivity index (χ4v) is 3.46. The van der Waals surface area contributed by atoms with Crippen molar-refractivity contribution in [2.24, 2.45) is 5.92 Å². The number of allylic oxidation sites excluding steroid dienone is 1. The van der Waals surface area contributed by atoms with Crippen molar-refractivity contribution in [3.05, 3.63) is 46.7 Å². The van der Waals surface area contributed by atoms with Gasteiger partial charge in [-0.3, -0.25) is 9.59 Å². The molecule has 0 fully saturated rings.